The van der Waals surface area contributed by atoms with Crippen LogP contribution in [0, 0.1) is 19.8 Å². The van der Waals surface area contributed by atoms with Crippen LogP contribution in [-0.4, -0.2) is 18.5 Å². The Balaban J connectivity index is 1.74. The minimum absolute atomic E-state index is 0.0120. The summed E-state index contributed by atoms with van der Waals surface area (Å²) in [6.45, 7) is 6.40. The molecule has 1 saturated carbocycles. The van der Waals surface area contributed by atoms with Crippen molar-refractivity contribution < 1.29 is 19.1 Å². The minimum Gasteiger partial charge on any atom is -0.493 e. The number of anilines is 1. The van der Waals surface area contributed by atoms with Crippen LogP contribution in [0.5, 0.6) is 5.75 Å². The summed E-state index contributed by atoms with van der Waals surface area (Å²) in [6, 6.07) is 7.49. The van der Waals surface area contributed by atoms with Crippen LogP contribution in [0.1, 0.15) is 46.1 Å². The fourth-order valence-electron chi connectivity index (χ4n) is 2.66. The van der Waals surface area contributed by atoms with Crippen molar-refractivity contribution in [2.75, 3.05) is 11.9 Å². The summed E-state index contributed by atoms with van der Waals surface area (Å²) in [6.07, 6.45) is 1.84. The van der Waals surface area contributed by atoms with Gasteiger partial charge in [0.1, 0.15) is 17.4 Å². The molecule has 3 rings (SSSR count). The van der Waals surface area contributed by atoms with Crippen LogP contribution in [0.15, 0.2) is 24.3 Å². The minimum atomic E-state index is -0.427. The molecule has 1 amide bonds. The first-order valence-corrected chi connectivity index (χ1v) is 9.61. The first-order chi connectivity index (χ1) is 12.5. The van der Waals surface area contributed by atoms with Gasteiger partial charge in [0, 0.05) is 16.4 Å². The lowest BCUT2D eigenvalue weighted by Crippen LogP contribution is -2.16. The number of esters is 1. The van der Waals surface area contributed by atoms with E-state index in [0.29, 0.717) is 22.9 Å². The van der Waals surface area contributed by atoms with Crippen molar-refractivity contribution in [1.82, 2.24) is 0 Å². The van der Waals surface area contributed by atoms with E-state index in [9.17, 15) is 9.59 Å². The van der Waals surface area contributed by atoms with Gasteiger partial charge < -0.3 is 14.8 Å². The van der Waals surface area contributed by atoms with Gasteiger partial charge in [0.25, 0.3) is 0 Å². The molecule has 1 aromatic heterocycles. The molecule has 1 aliphatic carbocycles. The molecular weight excluding hydrogens is 350 g/mol. The standard InChI is InChI=1S/C20H23NO4S/c1-4-24-16-8-6-5-7-15(16)11-25-20(23)17-12(2)13(3)26-19(17)21-18(22)14-9-10-14/h5-8,14H,4,9-11H2,1-3H3,(H,21,22). The van der Waals surface area contributed by atoms with Gasteiger partial charge in [-0.3, -0.25) is 4.79 Å². The van der Waals surface area contributed by atoms with Gasteiger partial charge >= 0.3 is 5.97 Å². The highest BCUT2D eigenvalue weighted by Crippen LogP contribution is 2.36. The number of nitrogens with one attached hydrogen (secondary N) is 1. The first-order valence-electron chi connectivity index (χ1n) is 8.80. The van der Waals surface area contributed by atoms with Crippen LogP contribution < -0.4 is 10.1 Å². The maximum absolute atomic E-state index is 12.7. The second-order valence-corrected chi connectivity index (χ2v) is 7.59. The van der Waals surface area contributed by atoms with E-state index in [0.717, 1.165) is 28.8 Å². The number of carbonyl (C=O) groups excluding carboxylic acids is 2. The van der Waals surface area contributed by atoms with E-state index in [1.807, 2.05) is 45.0 Å². The van der Waals surface area contributed by atoms with Gasteiger partial charge in [-0.1, -0.05) is 18.2 Å². The lowest BCUT2D eigenvalue weighted by Gasteiger charge is -2.11. The van der Waals surface area contributed by atoms with Crippen LogP contribution in [0.4, 0.5) is 5.00 Å². The molecule has 1 heterocycles. The molecule has 2 aromatic rings. The molecule has 1 aromatic carbocycles. The number of ether oxygens (including phenoxy) is 2. The molecule has 0 bridgehead atoms. The van der Waals surface area contributed by atoms with Gasteiger partial charge in [-0.25, -0.2) is 4.79 Å². The number of aryl methyl sites for hydroxylation is 1. The van der Waals surface area contributed by atoms with E-state index >= 15 is 0 Å². The smallest absolute Gasteiger partial charge is 0.341 e. The number of rotatable bonds is 7. The number of thiophene rings is 1. The monoisotopic (exact) mass is 373 g/mol. The summed E-state index contributed by atoms with van der Waals surface area (Å²) in [4.78, 5) is 25.8. The molecule has 0 saturated heterocycles. The topological polar surface area (TPSA) is 64.6 Å². The highest BCUT2D eigenvalue weighted by atomic mass is 32.1. The number of hydrogen-bond acceptors (Lipinski definition) is 5. The number of para-hydroxylation sites is 1. The summed E-state index contributed by atoms with van der Waals surface area (Å²) in [5, 5.41) is 3.48. The summed E-state index contributed by atoms with van der Waals surface area (Å²) in [7, 11) is 0. The molecule has 1 N–H and O–H groups in total. The Morgan fingerprint density at radius 3 is 2.65 bits per heavy atom. The molecule has 6 heteroatoms. The zero-order chi connectivity index (χ0) is 18.7. The number of carbonyl (C=O) groups is 2. The zero-order valence-electron chi connectivity index (χ0n) is 15.3. The molecular formula is C20H23NO4S. The average Bonchev–Trinajstić information content (AvgIpc) is 3.42. The predicted octanol–water partition coefficient (Wildman–Crippen LogP) is 4.47. The fraction of sp³-hybridized carbons (Fsp3) is 0.400. The van der Waals surface area contributed by atoms with Gasteiger partial charge in [-0.15, -0.1) is 11.3 Å². The Kier molecular flexibility index (Phi) is 5.61. The quantitative estimate of drug-likeness (QED) is 0.727. The third kappa shape index (κ3) is 4.07. The van der Waals surface area contributed by atoms with E-state index in [4.69, 9.17) is 9.47 Å². The Morgan fingerprint density at radius 1 is 1.23 bits per heavy atom. The lowest BCUT2D eigenvalue weighted by atomic mass is 10.1. The highest BCUT2D eigenvalue weighted by molar-refractivity contribution is 7.16. The molecule has 0 unspecified atom stereocenters. The molecule has 138 valence electrons. The second-order valence-electron chi connectivity index (χ2n) is 6.37. The van der Waals surface area contributed by atoms with Gasteiger partial charge in [0.05, 0.1) is 12.2 Å². The number of amides is 1. The van der Waals surface area contributed by atoms with Crippen LogP contribution in [0.2, 0.25) is 0 Å². The first kappa shape index (κ1) is 18.5. The maximum atomic E-state index is 12.7. The van der Waals surface area contributed by atoms with Crippen LogP contribution in [0.25, 0.3) is 0 Å². The molecule has 0 radical (unpaired) electrons. The number of hydrogen-bond donors (Lipinski definition) is 1. The van der Waals surface area contributed by atoms with E-state index in [1.54, 1.807) is 0 Å². The fourth-order valence-corrected chi connectivity index (χ4v) is 3.71. The normalized spacial score (nSPS) is 13.3. The third-order valence-electron chi connectivity index (χ3n) is 4.41. The molecule has 1 fully saturated rings. The van der Waals surface area contributed by atoms with Crippen molar-refractivity contribution in [3.05, 3.63) is 45.8 Å². The molecule has 0 aliphatic heterocycles. The summed E-state index contributed by atoms with van der Waals surface area (Å²) in [5.41, 5.74) is 2.12. The van der Waals surface area contributed by atoms with Gasteiger partial charge in [0.15, 0.2) is 0 Å². The van der Waals surface area contributed by atoms with Gasteiger partial charge in [-0.05, 0) is 45.2 Å². The zero-order valence-corrected chi connectivity index (χ0v) is 16.1. The third-order valence-corrected chi connectivity index (χ3v) is 5.53. The maximum Gasteiger partial charge on any atom is 0.341 e. The van der Waals surface area contributed by atoms with Gasteiger partial charge in [0.2, 0.25) is 5.91 Å². The van der Waals surface area contributed by atoms with E-state index in [-0.39, 0.29) is 18.4 Å². The van der Waals surface area contributed by atoms with Crippen molar-refractivity contribution >= 4 is 28.2 Å². The molecule has 0 atom stereocenters. The predicted molar refractivity (Wildman–Crippen MR) is 102 cm³/mol. The lowest BCUT2D eigenvalue weighted by molar-refractivity contribution is -0.117. The Morgan fingerprint density at radius 2 is 1.96 bits per heavy atom. The second kappa shape index (κ2) is 7.91. The Hall–Kier alpha value is -2.34. The van der Waals surface area contributed by atoms with E-state index in [1.165, 1.54) is 11.3 Å². The van der Waals surface area contributed by atoms with Crippen LogP contribution in [0.3, 0.4) is 0 Å². The van der Waals surface area contributed by atoms with Crippen molar-refractivity contribution in [2.24, 2.45) is 5.92 Å². The van der Waals surface area contributed by atoms with E-state index in [2.05, 4.69) is 5.32 Å². The van der Waals surface area contributed by atoms with Crippen molar-refractivity contribution in [2.45, 2.75) is 40.2 Å². The van der Waals surface area contributed by atoms with Crippen LogP contribution >= 0.6 is 11.3 Å². The summed E-state index contributed by atoms with van der Waals surface area (Å²) in [5.74, 6) is 0.356. The van der Waals surface area contributed by atoms with Crippen molar-refractivity contribution in [1.29, 1.82) is 0 Å². The van der Waals surface area contributed by atoms with Crippen molar-refractivity contribution in [3.63, 3.8) is 0 Å². The SMILES string of the molecule is CCOc1ccccc1COC(=O)c1c(NC(=O)C2CC2)sc(C)c1C. The summed E-state index contributed by atoms with van der Waals surface area (Å²) < 4.78 is 11.1. The molecule has 0 spiro atoms. The Bertz CT molecular complexity index is 823. The van der Waals surface area contributed by atoms with E-state index < -0.39 is 5.97 Å². The molecule has 5 nitrogen and oxygen atoms in total. The number of benzene rings is 1. The van der Waals surface area contributed by atoms with Gasteiger partial charge in [-0.2, -0.15) is 0 Å². The molecule has 1 aliphatic rings. The highest BCUT2D eigenvalue weighted by Gasteiger charge is 2.31. The summed E-state index contributed by atoms with van der Waals surface area (Å²) >= 11 is 1.42. The average molecular weight is 373 g/mol. The Labute approximate surface area is 157 Å². The molecule has 26 heavy (non-hydrogen) atoms. The van der Waals surface area contributed by atoms with Crippen LogP contribution in [-0.2, 0) is 16.1 Å². The van der Waals surface area contributed by atoms with Crippen molar-refractivity contribution in [3.8, 4) is 5.75 Å². The largest absolute Gasteiger partial charge is 0.493 e.